The summed E-state index contributed by atoms with van der Waals surface area (Å²) in [6.45, 7) is 3.75. The van der Waals surface area contributed by atoms with Crippen LogP contribution >= 0.6 is 24.0 Å². The Balaban J connectivity index is 0.00000133. The molecule has 1 N–H and O–H groups in total. The minimum absolute atomic E-state index is 0. The first kappa shape index (κ1) is 14.6. The van der Waals surface area contributed by atoms with Crippen LogP contribution in [0.5, 0.6) is 5.75 Å². The molecule has 1 spiro atoms. The van der Waals surface area contributed by atoms with Crippen molar-refractivity contribution in [1.29, 1.82) is 0 Å². The van der Waals surface area contributed by atoms with Crippen molar-refractivity contribution in [2.45, 2.75) is 25.4 Å². The van der Waals surface area contributed by atoms with E-state index in [0.29, 0.717) is 16.3 Å². The van der Waals surface area contributed by atoms with Crippen LogP contribution in [-0.4, -0.2) is 24.5 Å². The Bertz CT molecular complexity index is 498. The van der Waals surface area contributed by atoms with Crippen LogP contribution in [0.15, 0.2) is 18.2 Å². The molecule has 1 fully saturated rings. The lowest BCUT2D eigenvalue weighted by molar-refractivity contribution is -0.0152. The molecule has 5 heteroatoms. The molecule has 1 aromatic rings. The van der Waals surface area contributed by atoms with Gasteiger partial charge in [-0.2, -0.15) is 0 Å². The first-order valence-electron chi connectivity index (χ1n) is 6.36. The van der Waals surface area contributed by atoms with Gasteiger partial charge in [-0.3, -0.25) is 4.79 Å². The highest BCUT2D eigenvalue weighted by atomic mass is 35.5. The third-order valence-corrected chi connectivity index (χ3v) is 4.48. The van der Waals surface area contributed by atoms with Gasteiger partial charge in [-0.05, 0) is 25.2 Å². The van der Waals surface area contributed by atoms with Crippen LogP contribution in [0.4, 0.5) is 0 Å². The summed E-state index contributed by atoms with van der Waals surface area (Å²) in [6, 6.07) is 5.42. The van der Waals surface area contributed by atoms with Crippen molar-refractivity contribution >= 4 is 29.8 Å². The zero-order valence-corrected chi connectivity index (χ0v) is 12.3. The fourth-order valence-electron chi connectivity index (χ4n) is 2.98. The molecule has 1 atom stereocenters. The van der Waals surface area contributed by atoms with Crippen LogP contribution in [0.25, 0.3) is 0 Å². The highest BCUT2D eigenvalue weighted by Crippen LogP contribution is 2.43. The molecule has 0 saturated carbocycles. The minimum atomic E-state index is -0.347. The third-order valence-electron chi connectivity index (χ3n) is 4.17. The van der Waals surface area contributed by atoms with Gasteiger partial charge in [0, 0.05) is 12.8 Å². The van der Waals surface area contributed by atoms with Crippen LogP contribution in [-0.2, 0) is 0 Å². The van der Waals surface area contributed by atoms with Gasteiger partial charge in [0.25, 0.3) is 0 Å². The number of rotatable bonds is 0. The van der Waals surface area contributed by atoms with Crippen LogP contribution in [0.2, 0.25) is 5.02 Å². The number of carbonyl (C=O) groups excluding carboxylic acids is 1. The monoisotopic (exact) mass is 301 g/mol. The number of benzene rings is 1. The van der Waals surface area contributed by atoms with Crippen molar-refractivity contribution in [3.05, 3.63) is 28.8 Å². The minimum Gasteiger partial charge on any atom is -0.486 e. The molecule has 3 nitrogen and oxygen atoms in total. The molecule has 1 saturated heterocycles. The standard InChI is InChI=1S/C14H16ClNO2.ClH/c1-9-13(17)12-10(15)3-2-4-11(12)18-14(9)5-7-16-8-6-14;/h2-4,9,16H,5-8H2,1H3;1H. The van der Waals surface area contributed by atoms with E-state index < -0.39 is 0 Å². The van der Waals surface area contributed by atoms with E-state index in [1.165, 1.54) is 0 Å². The lowest BCUT2D eigenvalue weighted by Crippen LogP contribution is -2.55. The topological polar surface area (TPSA) is 38.3 Å². The van der Waals surface area contributed by atoms with E-state index >= 15 is 0 Å². The number of ether oxygens (including phenoxy) is 1. The summed E-state index contributed by atoms with van der Waals surface area (Å²) in [5, 5.41) is 3.80. The predicted octanol–water partition coefficient (Wildman–Crippen LogP) is 3.10. The molecule has 0 aromatic heterocycles. The van der Waals surface area contributed by atoms with E-state index in [4.69, 9.17) is 16.3 Å². The van der Waals surface area contributed by atoms with E-state index in [0.717, 1.165) is 25.9 Å². The van der Waals surface area contributed by atoms with Gasteiger partial charge in [-0.15, -0.1) is 12.4 Å². The van der Waals surface area contributed by atoms with Crippen molar-refractivity contribution in [1.82, 2.24) is 5.32 Å². The van der Waals surface area contributed by atoms with Crippen LogP contribution < -0.4 is 10.1 Å². The van der Waals surface area contributed by atoms with Crippen molar-refractivity contribution in [3.63, 3.8) is 0 Å². The molecule has 0 amide bonds. The average Bonchev–Trinajstić information content (AvgIpc) is 2.37. The van der Waals surface area contributed by atoms with E-state index in [1.54, 1.807) is 6.07 Å². The van der Waals surface area contributed by atoms with Crippen LogP contribution in [0.1, 0.15) is 30.1 Å². The molecule has 0 radical (unpaired) electrons. The molecule has 2 aliphatic heterocycles. The van der Waals surface area contributed by atoms with Gasteiger partial charge in [0.1, 0.15) is 11.4 Å². The molecule has 0 aliphatic carbocycles. The van der Waals surface area contributed by atoms with Gasteiger partial charge < -0.3 is 10.1 Å². The zero-order chi connectivity index (χ0) is 12.8. The number of halogens is 2. The summed E-state index contributed by atoms with van der Waals surface area (Å²) >= 11 is 6.12. The normalized spacial score (nSPS) is 24.3. The van der Waals surface area contributed by atoms with Crippen molar-refractivity contribution < 1.29 is 9.53 Å². The lowest BCUT2D eigenvalue weighted by atomic mass is 9.75. The van der Waals surface area contributed by atoms with Crippen molar-refractivity contribution in [3.8, 4) is 5.75 Å². The predicted molar refractivity (Wildman–Crippen MR) is 77.7 cm³/mol. The van der Waals surface area contributed by atoms with Crippen LogP contribution in [0.3, 0.4) is 0 Å². The maximum atomic E-state index is 12.5. The lowest BCUT2D eigenvalue weighted by Gasteiger charge is -2.45. The average molecular weight is 302 g/mol. The molecule has 19 heavy (non-hydrogen) atoms. The first-order chi connectivity index (χ1) is 8.64. The zero-order valence-electron chi connectivity index (χ0n) is 10.7. The Hall–Kier alpha value is -0.770. The number of nitrogens with one attached hydrogen (secondary N) is 1. The Morgan fingerprint density at radius 3 is 2.74 bits per heavy atom. The Morgan fingerprint density at radius 1 is 1.37 bits per heavy atom. The van der Waals surface area contributed by atoms with Gasteiger partial charge in [-0.25, -0.2) is 0 Å². The number of hydrogen-bond acceptors (Lipinski definition) is 3. The van der Waals surface area contributed by atoms with E-state index in [2.05, 4.69) is 5.32 Å². The van der Waals surface area contributed by atoms with Gasteiger partial charge in [0.2, 0.25) is 0 Å². The van der Waals surface area contributed by atoms with Crippen molar-refractivity contribution in [2.75, 3.05) is 13.1 Å². The first-order valence-corrected chi connectivity index (χ1v) is 6.74. The smallest absolute Gasteiger partial charge is 0.174 e. The second-order valence-corrected chi connectivity index (χ2v) is 5.52. The Morgan fingerprint density at radius 2 is 2.05 bits per heavy atom. The third kappa shape index (κ3) is 2.24. The van der Waals surface area contributed by atoms with Gasteiger partial charge in [0.15, 0.2) is 5.78 Å². The number of Topliss-reactive ketones (excluding diaryl/α,β-unsaturated/α-hetero) is 1. The number of hydrogen-bond donors (Lipinski definition) is 1. The summed E-state index contributed by atoms with van der Waals surface area (Å²) in [5.41, 5.74) is 0.204. The van der Waals surface area contributed by atoms with Gasteiger partial charge >= 0.3 is 0 Å². The fourth-order valence-corrected chi connectivity index (χ4v) is 3.24. The summed E-state index contributed by atoms with van der Waals surface area (Å²) in [5.74, 6) is 0.628. The maximum absolute atomic E-state index is 12.5. The molecule has 2 heterocycles. The number of piperidine rings is 1. The summed E-state index contributed by atoms with van der Waals surface area (Å²) in [7, 11) is 0. The van der Waals surface area contributed by atoms with E-state index in [-0.39, 0.29) is 29.7 Å². The molecule has 1 unspecified atom stereocenters. The SMILES string of the molecule is CC1C(=O)c2c(Cl)cccc2OC12CCNCC2.Cl. The summed E-state index contributed by atoms with van der Waals surface area (Å²) < 4.78 is 6.18. The number of ketones is 1. The van der Waals surface area contributed by atoms with Crippen LogP contribution in [0, 0.1) is 5.92 Å². The largest absolute Gasteiger partial charge is 0.486 e. The number of fused-ring (bicyclic) bond motifs is 1. The molecular weight excluding hydrogens is 285 g/mol. The molecule has 104 valence electrons. The molecular formula is C14H17Cl2NO2. The molecule has 2 aliphatic rings. The highest BCUT2D eigenvalue weighted by molar-refractivity contribution is 6.34. The number of carbonyl (C=O) groups is 1. The Labute approximate surface area is 124 Å². The molecule has 0 bridgehead atoms. The second kappa shape index (κ2) is 5.31. The van der Waals surface area contributed by atoms with Gasteiger partial charge in [-0.1, -0.05) is 24.6 Å². The highest BCUT2D eigenvalue weighted by Gasteiger charge is 2.48. The summed E-state index contributed by atoms with van der Waals surface area (Å²) in [6.07, 6.45) is 1.73. The van der Waals surface area contributed by atoms with E-state index in [9.17, 15) is 4.79 Å². The Kier molecular flexibility index (Phi) is 4.09. The summed E-state index contributed by atoms with van der Waals surface area (Å²) in [4.78, 5) is 12.5. The van der Waals surface area contributed by atoms with Gasteiger partial charge in [0.05, 0.1) is 16.5 Å². The van der Waals surface area contributed by atoms with Crippen molar-refractivity contribution in [2.24, 2.45) is 5.92 Å². The quantitative estimate of drug-likeness (QED) is 0.800. The maximum Gasteiger partial charge on any atom is 0.174 e. The fraction of sp³-hybridized carbons (Fsp3) is 0.500. The molecule has 3 rings (SSSR count). The van der Waals surface area contributed by atoms with E-state index in [1.807, 2.05) is 19.1 Å². The second-order valence-electron chi connectivity index (χ2n) is 5.12. The molecule has 1 aromatic carbocycles.